The highest BCUT2D eigenvalue weighted by atomic mass is 16.2. The van der Waals surface area contributed by atoms with E-state index in [2.05, 4.69) is 17.2 Å². The molecule has 4 heteroatoms. The molecule has 0 aliphatic carbocycles. The van der Waals surface area contributed by atoms with Gasteiger partial charge in [0, 0.05) is 42.4 Å². The van der Waals surface area contributed by atoms with E-state index in [0.717, 1.165) is 29.0 Å². The number of benzene rings is 1. The van der Waals surface area contributed by atoms with Gasteiger partial charge in [-0.15, -0.1) is 0 Å². The molecule has 4 nitrogen and oxygen atoms in total. The lowest BCUT2D eigenvalue weighted by Crippen LogP contribution is -2.31. The van der Waals surface area contributed by atoms with E-state index in [1.165, 1.54) is 0 Å². The van der Waals surface area contributed by atoms with Crippen LogP contribution in [0.15, 0.2) is 42.7 Å². The number of hydrogen-bond donors (Lipinski definition) is 1. The normalized spacial score (nSPS) is 10.2. The van der Waals surface area contributed by atoms with Crippen molar-refractivity contribution in [3.63, 3.8) is 0 Å². The molecule has 0 spiro atoms. The lowest BCUT2D eigenvalue weighted by Gasteiger charge is -2.22. The summed E-state index contributed by atoms with van der Waals surface area (Å²) in [4.78, 5) is 18.5. The first-order valence-corrected chi connectivity index (χ1v) is 7.23. The highest BCUT2D eigenvalue weighted by Gasteiger charge is 2.17. The highest BCUT2D eigenvalue weighted by molar-refractivity contribution is 6.07. The second-order valence-electron chi connectivity index (χ2n) is 4.81. The SMILES string of the molecule is CCNc1ccc(C(=O)N(CC)c2ccncc2)c(C)c1. The number of aryl methyl sites for hydroxylation is 1. The molecule has 0 saturated carbocycles. The van der Waals surface area contributed by atoms with E-state index >= 15 is 0 Å². The maximum Gasteiger partial charge on any atom is 0.258 e. The summed E-state index contributed by atoms with van der Waals surface area (Å²) in [5, 5.41) is 3.26. The molecule has 0 aliphatic heterocycles. The zero-order valence-corrected chi connectivity index (χ0v) is 12.8. The van der Waals surface area contributed by atoms with Gasteiger partial charge in [-0.05, 0) is 56.7 Å². The number of hydrogen-bond acceptors (Lipinski definition) is 3. The molecule has 0 radical (unpaired) electrons. The molecule has 1 aromatic heterocycles. The summed E-state index contributed by atoms with van der Waals surface area (Å²) in [7, 11) is 0. The fourth-order valence-electron chi connectivity index (χ4n) is 2.33. The molecule has 0 aliphatic rings. The highest BCUT2D eigenvalue weighted by Crippen LogP contribution is 2.20. The Bertz CT molecular complexity index is 611. The quantitative estimate of drug-likeness (QED) is 0.913. The monoisotopic (exact) mass is 283 g/mol. The predicted octanol–water partition coefficient (Wildman–Crippen LogP) is 3.49. The molecule has 1 aromatic carbocycles. The van der Waals surface area contributed by atoms with Crippen molar-refractivity contribution in [2.24, 2.45) is 0 Å². The minimum atomic E-state index is 0.0178. The first-order valence-electron chi connectivity index (χ1n) is 7.23. The van der Waals surface area contributed by atoms with Gasteiger partial charge in [-0.3, -0.25) is 9.78 Å². The third-order valence-corrected chi connectivity index (χ3v) is 3.37. The standard InChI is InChI=1S/C17H21N3O/c1-4-19-14-6-7-16(13(3)12-14)17(21)20(5-2)15-8-10-18-11-9-15/h6-12,19H,4-5H2,1-3H3. The van der Waals surface area contributed by atoms with Gasteiger partial charge in [-0.1, -0.05) is 0 Å². The van der Waals surface area contributed by atoms with Crippen molar-refractivity contribution in [3.05, 3.63) is 53.9 Å². The number of carbonyl (C=O) groups excluding carboxylic acids is 1. The maximum atomic E-state index is 12.8. The predicted molar refractivity (Wildman–Crippen MR) is 86.9 cm³/mol. The van der Waals surface area contributed by atoms with Gasteiger partial charge in [0.05, 0.1) is 0 Å². The second kappa shape index (κ2) is 6.88. The lowest BCUT2D eigenvalue weighted by molar-refractivity contribution is 0.0988. The number of rotatable bonds is 5. The molecular formula is C17H21N3O. The fraction of sp³-hybridized carbons (Fsp3) is 0.294. The Balaban J connectivity index is 2.30. The van der Waals surface area contributed by atoms with Crippen molar-refractivity contribution in [2.45, 2.75) is 20.8 Å². The Labute approximate surface area is 125 Å². The third-order valence-electron chi connectivity index (χ3n) is 3.37. The minimum absolute atomic E-state index is 0.0178. The van der Waals surface area contributed by atoms with E-state index in [-0.39, 0.29) is 5.91 Å². The average molecular weight is 283 g/mol. The van der Waals surface area contributed by atoms with E-state index in [9.17, 15) is 4.79 Å². The van der Waals surface area contributed by atoms with Crippen LogP contribution in [0.5, 0.6) is 0 Å². The van der Waals surface area contributed by atoms with Crippen molar-refractivity contribution < 1.29 is 4.79 Å². The largest absolute Gasteiger partial charge is 0.385 e. The molecule has 1 heterocycles. The smallest absolute Gasteiger partial charge is 0.258 e. The minimum Gasteiger partial charge on any atom is -0.385 e. The summed E-state index contributed by atoms with van der Waals surface area (Å²) in [6.45, 7) is 7.48. The Kier molecular flexibility index (Phi) is 4.93. The van der Waals surface area contributed by atoms with Crippen LogP contribution in [0.4, 0.5) is 11.4 Å². The van der Waals surface area contributed by atoms with Crippen LogP contribution in [0.2, 0.25) is 0 Å². The van der Waals surface area contributed by atoms with Crippen molar-refractivity contribution in [3.8, 4) is 0 Å². The fourth-order valence-corrected chi connectivity index (χ4v) is 2.33. The molecule has 0 saturated heterocycles. The number of nitrogens with zero attached hydrogens (tertiary/aromatic N) is 2. The van der Waals surface area contributed by atoms with E-state index in [1.807, 2.05) is 44.2 Å². The molecule has 21 heavy (non-hydrogen) atoms. The van der Waals surface area contributed by atoms with Gasteiger partial charge in [0.25, 0.3) is 5.91 Å². The van der Waals surface area contributed by atoms with Gasteiger partial charge in [0.15, 0.2) is 0 Å². The average Bonchev–Trinajstić information content (AvgIpc) is 2.49. The van der Waals surface area contributed by atoms with Crippen LogP contribution < -0.4 is 10.2 Å². The topological polar surface area (TPSA) is 45.2 Å². The zero-order valence-electron chi connectivity index (χ0n) is 12.8. The number of pyridine rings is 1. The molecule has 0 atom stereocenters. The molecule has 1 amide bonds. The van der Waals surface area contributed by atoms with E-state index < -0.39 is 0 Å². The summed E-state index contributed by atoms with van der Waals surface area (Å²) in [6, 6.07) is 9.55. The summed E-state index contributed by atoms with van der Waals surface area (Å²) in [5.41, 5.74) is 3.62. The molecule has 110 valence electrons. The molecule has 0 unspecified atom stereocenters. The van der Waals surface area contributed by atoms with Crippen LogP contribution in [0.1, 0.15) is 29.8 Å². The number of carbonyl (C=O) groups is 1. The lowest BCUT2D eigenvalue weighted by atomic mass is 10.1. The third kappa shape index (κ3) is 3.40. The molecular weight excluding hydrogens is 262 g/mol. The Morgan fingerprint density at radius 2 is 1.90 bits per heavy atom. The molecule has 2 rings (SSSR count). The Morgan fingerprint density at radius 1 is 1.19 bits per heavy atom. The van der Waals surface area contributed by atoms with Crippen LogP contribution in [0, 0.1) is 6.92 Å². The van der Waals surface area contributed by atoms with Crippen molar-refractivity contribution in [2.75, 3.05) is 23.3 Å². The number of aromatic nitrogens is 1. The summed E-state index contributed by atoms with van der Waals surface area (Å²) >= 11 is 0. The van der Waals surface area contributed by atoms with Crippen LogP contribution in [-0.4, -0.2) is 24.0 Å². The summed E-state index contributed by atoms with van der Waals surface area (Å²) < 4.78 is 0. The summed E-state index contributed by atoms with van der Waals surface area (Å²) in [6.07, 6.45) is 3.40. The van der Waals surface area contributed by atoms with Gasteiger partial charge in [-0.25, -0.2) is 0 Å². The van der Waals surface area contributed by atoms with Crippen LogP contribution >= 0.6 is 0 Å². The van der Waals surface area contributed by atoms with Gasteiger partial charge in [0.2, 0.25) is 0 Å². The van der Waals surface area contributed by atoms with Crippen molar-refractivity contribution in [1.82, 2.24) is 4.98 Å². The van der Waals surface area contributed by atoms with Crippen LogP contribution in [0.3, 0.4) is 0 Å². The number of nitrogens with one attached hydrogen (secondary N) is 1. The summed E-state index contributed by atoms with van der Waals surface area (Å²) in [5.74, 6) is 0.0178. The van der Waals surface area contributed by atoms with Gasteiger partial charge in [-0.2, -0.15) is 0 Å². The zero-order chi connectivity index (χ0) is 15.2. The second-order valence-corrected chi connectivity index (χ2v) is 4.81. The molecule has 1 N–H and O–H groups in total. The molecule has 2 aromatic rings. The first-order chi connectivity index (χ1) is 10.2. The van der Waals surface area contributed by atoms with E-state index in [1.54, 1.807) is 17.3 Å². The number of anilines is 2. The Morgan fingerprint density at radius 3 is 2.48 bits per heavy atom. The van der Waals surface area contributed by atoms with Crippen molar-refractivity contribution >= 4 is 17.3 Å². The van der Waals surface area contributed by atoms with Gasteiger partial charge < -0.3 is 10.2 Å². The Hall–Kier alpha value is -2.36. The van der Waals surface area contributed by atoms with E-state index in [4.69, 9.17) is 0 Å². The molecule has 0 fully saturated rings. The maximum absolute atomic E-state index is 12.8. The van der Waals surface area contributed by atoms with Crippen LogP contribution in [-0.2, 0) is 0 Å². The van der Waals surface area contributed by atoms with Crippen molar-refractivity contribution in [1.29, 1.82) is 0 Å². The van der Waals surface area contributed by atoms with Gasteiger partial charge >= 0.3 is 0 Å². The number of amides is 1. The van der Waals surface area contributed by atoms with Crippen LogP contribution in [0.25, 0.3) is 0 Å². The van der Waals surface area contributed by atoms with Gasteiger partial charge in [0.1, 0.15) is 0 Å². The molecule has 0 bridgehead atoms. The first kappa shape index (κ1) is 15.0. The van der Waals surface area contributed by atoms with E-state index in [0.29, 0.717) is 6.54 Å².